The summed E-state index contributed by atoms with van der Waals surface area (Å²) >= 11 is 0. The highest BCUT2D eigenvalue weighted by molar-refractivity contribution is 5.76. The van der Waals surface area contributed by atoms with E-state index in [1.165, 1.54) is 10.7 Å². The molecule has 6 nitrogen and oxygen atoms in total. The van der Waals surface area contributed by atoms with Gasteiger partial charge in [0.1, 0.15) is 12.1 Å². The van der Waals surface area contributed by atoms with Gasteiger partial charge in [0, 0.05) is 18.0 Å². The maximum atomic E-state index is 11.5. The van der Waals surface area contributed by atoms with Gasteiger partial charge in [0.25, 0.3) is 5.56 Å². The molecule has 2 heterocycles. The van der Waals surface area contributed by atoms with Crippen molar-refractivity contribution in [3.8, 4) is 0 Å². The Morgan fingerprint density at radius 1 is 1.33 bits per heavy atom. The molecule has 3 rings (SSSR count). The van der Waals surface area contributed by atoms with E-state index in [2.05, 4.69) is 10.1 Å². The normalized spacial score (nSPS) is 10.9. The van der Waals surface area contributed by atoms with Crippen molar-refractivity contribution in [2.75, 3.05) is 5.73 Å². The fourth-order valence-corrected chi connectivity index (χ4v) is 1.69. The Labute approximate surface area is 102 Å². The largest absolute Gasteiger partial charge is 0.439 e. The van der Waals surface area contributed by atoms with Crippen molar-refractivity contribution in [2.24, 2.45) is 0 Å². The molecule has 2 aromatic heterocycles. The number of hydrogen-bond donors (Lipinski definition) is 1. The molecule has 0 bridgehead atoms. The van der Waals surface area contributed by atoms with Gasteiger partial charge in [0.05, 0.1) is 0 Å². The summed E-state index contributed by atoms with van der Waals surface area (Å²) in [6, 6.07) is 8.25. The van der Waals surface area contributed by atoms with Gasteiger partial charge in [-0.2, -0.15) is 5.10 Å². The van der Waals surface area contributed by atoms with Crippen LogP contribution in [0.2, 0.25) is 0 Å². The van der Waals surface area contributed by atoms with Gasteiger partial charge in [-0.1, -0.05) is 0 Å². The van der Waals surface area contributed by atoms with Gasteiger partial charge < -0.3 is 10.2 Å². The van der Waals surface area contributed by atoms with Crippen LogP contribution in [0.15, 0.2) is 45.7 Å². The number of oxazole rings is 1. The molecular formula is C12H10N4O2. The summed E-state index contributed by atoms with van der Waals surface area (Å²) in [5, 5.41) is 3.94. The first kappa shape index (κ1) is 10.5. The van der Waals surface area contributed by atoms with E-state index in [0.717, 1.165) is 0 Å². The van der Waals surface area contributed by atoms with Crippen LogP contribution < -0.4 is 11.3 Å². The van der Waals surface area contributed by atoms with Crippen LogP contribution >= 0.6 is 0 Å². The molecule has 0 fully saturated rings. The molecule has 18 heavy (non-hydrogen) atoms. The van der Waals surface area contributed by atoms with Gasteiger partial charge in [0.2, 0.25) is 5.89 Å². The van der Waals surface area contributed by atoms with Gasteiger partial charge in [-0.05, 0) is 24.3 Å². The lowest BCUT2D eigenvalue weighted by molar-refractivity contribution is 0.481. The highest BCUT2D eigenvalue weighted by atomic mass is 16.3. The summed E-state index contributed by atoms with van der Waals surface area (Å²) in [6.07, 6.45) is 1.54. The minimum atomic E-state index is -0.195. The standard InChI is InChI=1S/C12H10N4O2/c13-8-3-4-10-9(6-8)15-11(18-10)7-16-12(17)2-1-5-14-16/h1-6H,7,13H2. The van der Waals surface area contributed by atoms with Crippen molar-refractivity contribution in [1.82, 2.24) is 14.8 Å². The van der Waals surface area contributed by atoms with E-state index in [1.54, 1.807) is 30.5 Å². The maximum absolute atomic E-state index is 11.5. The van der Waals surface area contributed by atoms with Crippen LogP contribution in [0.3, 0.4) is 0 Å². The predicted molar refractivity (Wildman–Crippen MR) is 66.0 cm³/mol. The molecule has 0 saturated heterocycles. The molecule has 0 aliphatic carbocycles. The second-order valence-electron chi connectivity index (χ2n) is 3.85. The predicted octanol–water partition coefficient (Wildman–Crippen LogP) is 1.02. The Bertz CT molecular complexity index is 760. The van der Waals surface area contributed by atoms with Crippen molar-refractivity contribution in [1.29, 1.82) is 0 Å². The van der Waals surface area contributed by atoms with Crippen molar-refractivity contribution < 1.29 is 4.42 Å². The summed E-state index contributed by atoms with van der Waals surface area (Å²) < 4.78 is 6.80. The van der Waals surface area contributed by atoms with Gasteiger partial charge in [-0.25, -0.2) is 9.67 Å². The number of rotatable bonds is 2. The van der Waals surface area contributed by atoms with Gasteiger partial charge in [-0.3, -0.25) is 4.79 Å². The van der Waals surface area contributed by atoms with Crippen LogP contribution in [0.5, 0.6) is 0 Å². The molecule has 0 saturated carbocycles. The Balaban J connectivity index is 2.01. The minimum Gasteiger partial charge on any atom is -0.439 e. The van der Waals surface area contributed by atoms with E-state index in [-0.39, 0.29) is 12.1 Å². The molecular weight excluding hydrogens is 232 g/mol. The number of nitrogens with two attached hydrogens (primary N) is 1. The first-order chi connectivity index (χ1) is 8.72. The molecule has 2 N–H and O–H groups in total. The van der Waals surface area contributed by atoms with Crippen LogP contribution in [0.25, 0.3) is 11.1 Å². The summed E-state index contributed by atoms with van der Waals surface area (Å²) in [7, 11) is 0. The van der Waals surface area contributed by atoms with Crippen molar-refractivity contribution in [3.63, 3.8) is 0 Å². The zero-order valence-electron chi connectivity index (χ0n) is 9.41. The molecule has 1 aromatic carbocycles. The van der Waals surface area contributed by atoms with E-state index in [4.69, 9.17) is 10.2 Å². The summed E-state index contributed by atoms with van der Waals surface area (Å²) in [6.45, 7) is 0.203. The lowest BCUT2D eigenvalue weighted by Gasteiger charge is -1.98. The molecule has 6 heteroatoms. The lowest BCUT2D eigenvalue weighted by atomic mass is 10.3. The van der Waals surface area contributed by atoms with E-state index < -0.39 is 0 Å². The van der Waals surface area contributed by atoms with Crippen LogP contribution in [0.4, 0.5) is 5.69 Å². The average Bonchev–Trinajstić information content (AvgIpc) is 2.73. The Hall–Kier alpha value is -2.63. The zero-order chi connectivity index (χ0) is 12.5. The van der Waals surface area contributed by atoms with E-state index >= 15 is 0 Å². The number of nitrogen functional groups attached to an aromatic ring is 1. The van der Waals surface area contributed by atoms with Crippen LogP contribution in [-0.2, 0) is 6.54 Å². The molecule has 0 spiro atoms. The minimum absolute atomic E-state index is 0.195. The molecule has 0 radical (unpaired) electrons. The zero-order valence-corrected chi connectivity index (χ0v) is 9.41. The molecule has 3 aromatic rings. The molecule has 0 aliphatic heterocycles. The Morgan fingerprint density at radius 2 is 2.22 bits per heavy atom. The topological polar surface area (TPSA) is 86.9 Å². The third-order valence-corrected chi connectivity index (χ3v) is 2.53. The van der Waals surface area contributed by atoms with E-state index in [9.17, 15) is 4.79 Å². The van der Waals surface area contributed by atoms with Crippen LogP contribution in [0.1, 0.15) is 5.89 Å². The quantitative estimate of drug-likeness (QED) is 0.678. The number of hydrogen-bond acceptors (Lipinski definition) is 5. The van der Waals surface area contributed by atoms with Crippen molar-refractivity contribution in [3.05, 3.63) is 52.8 Å². The van der Waals surface area contributed by atoms with E-state index in [0.29, 0.717) is 22.7 Å². The van der Waals surface area contributed by atoms with Crippen molar-refractivity contribution in [2.45, 2.75) is 6.54 Å². The fraction of sp³-hybridized carbons (Fsp3) is 0.0833. The fourth-order valence-electron chi connectivity index (χ4n) is 1.69. The number of fused-ring (bicyclic) bond motifs is 1. The SMILES string of the molecule is Nc1ccc2oc(Cn3ncccc3=O)nc2c1. The summed E-state index contributed by atoms with van der Waals surface area (Å²) in [5.74, 6) is 0.427. The molecule has 0 amide bonds. The molecule has 0 atom stereocenters. The summed E-state index contributed by atoms with van der Waals surface area (Å²) in [4.78, 5) is 15.8. The number of nitrogens with zero attached hydrogens (tertiary/aromatic N) is 3. The third kappa shape index (κ3) is 1.84. The first-order valence-corrected chi connectivity index (χ1v) is 5.39. The highest BCUT2D eigenvalue weighted by Gasteiger charge is 2.07. The van der Waals surface area contributed by atoms with Crippen LogP contribution in [-0.4, -0.2) is 14.8 Å². The molecule has 90 valence electrons. The number of aromatic nitrogens is 3. The lowest BCUT2D eigenvalue weighted by Crippen LogP contribution is -2.21. The third-order valence-electron chi connectivity index (χ3n) is 2.53. The first-order valence-electron chi connectivity index (χ1n) is 5.39. The monoisotopic (exact) mass is 242 g/mol. The van der Waals surface area contributed by atoms with Gasteiger partial charge in [0.15, 0.2) is 5.58 Å². The number of benzene rings is 1. The van der Waals surface area contributed by atoms with Gasteiger partial charge in [-0.15, -0.1) is 0 Å². The Morgan fingerprint density at radius 3 is 3.06 bits per heavy atom. The smallest absolute Gasteiger partial charge is 0.267 e. The number of anilines is 1. The van der Waals surface area contributed by atoms with E-state index in [1.807, 2.05) is 0 Å². The van der Waals surface area contributed by atoms with Crippen LogP contribution in [0, 0.1) is 0 Å². The molecule has 0 aliphatic rings. The summed E-state index contributed by atoms with van der Waals surface area (Å²) in [5.41, 5.74) is 7.40. The average molecular weight is 242 g/mol. The maximum Gasteiger partial charge on any atom is 0.267 e. The van der Waals surface area contributed by atoms with Gasteiger partial charge >= 0.3 is 0 Å². The second-order valence-corrected chi connectivity index (χ2v) is 3.85. The highest BCUT2D eigenvalue weighted by Crippen LogP contribution is 2.18. The van der Waals surface area contributed by atoms with Crippen molar-refractivity contribution >= 4 is 16.8 Å². The molecule has 0 unspecified atom stereocenters. The Kier molecular flexibility index (Phi) is 2.33. The second kappa shape index (κ2) is 3.99.